The van der Waals surface area contributed by atoms with Crippen LogP contribution in [0.3, 0.4) is 0 Å². The fourth-order valence-corrected chi connectivity index (χ4v) is 3.75. The van der Waals surface area contributed by atoms with Crippen LogP contribution in [-0.2, 0) is 9.59 Å². The Kier molecular flexibility index (Phi) is 4.78. The molecule has 2 aliphatic heterocycles. The molecule has 2 aliphatic rings. The van der Waals surface area contributed by atoms with E-state index in [1.807, 2.05) is 13.8 Å². The van der Waals surface area contributed by atoms with Gasteiger partial charge in [0.05, 0.1) is 6.04 Å². The van der Waals surface area contributed by atoms with E-state index in [2.05, 4.69) is 15.3 Å². The van der Waals surface area contributed by atoms with Gasteiger partial charge in [-0.1, -0.05) is 13.8 Å². The minimum absolute atomic E-state index is 0.126. The van der Waals surface area contributed by atoms with Crippen LogP contribution in [0.15, 0.2) is 12.4 Å². The van der Waals surface area contributed by atoms with Gasteiger partial charge in [0, 0.05) is 18.9 Å². The van der Waals surface area contributed by atoms with Crippen LogP contribution < -0.4 is 5.32 Å². The number of aromatic amines is 1. The summed E-state index contributed by atoms with van der Waals surface area (Å²) in [5.41, 5.74) is -0.875. The van der Waals surface area contributed by atoms with Crippen LogP contribution in [0, 0.1) is 0 Å². The Morgan fingerprint density at radius 2 is 2.08 bits per heavy atom. The highest BCUT2D eigenvalue weighted by Crippen LogP contribution is 2.30. The molecule has 25 heavy (non-hydrogen) atoms. The van der Waals surface area contributed by atoms with E-state index in [1.165, 1.54) is 0 Å². The Morgan fingerprint density at radius 1 is 1.32 bits per heavy atom. The molecule has 2 fully saturated rings. The molecule has 0 radical (unpaired) electrons. The second-order valence-corrected chi connectivity index (χ2v) is 6.68. The van der Waals surface area contributed by atoms with Crippen molar-refractivity contribution in [3.63, 3.8) is 0 Å². The van der Waals surface area contributed by atoms with Gasteiger partial charge in [0.25, 0.3) is 5.91 Å². The van der Waals surface area contributed by atoms with Crippen molar-refractivity contribution in [1.29, 1.82) is 0 Å². The normalized spacial score (nSPS) is 23.0. The third kappa shape index (κ3) is 3.01. The van der Waals surface area contributed by atoms with Gasteiger partial charge in [-0.25, -0.2) is 9.78 Å². The summed E-state index contributed by atoms with van der Waals surface area (Å²) >= 11 is 0. The number of nitrogens with zero attached hydrogens (tertiary/aromatic N) is 3. The molecular formula is C17H25N5O3. The lowest BCUT2D eigenvalue weighted by Crippen LogP contribution is -2.48. The number of likely N-dealkylation sites (tertiary alicyclic amines) is 1. The van der Waals surface area contributed by atoms with Crippen molar-refractivity contribution in [3.05, 3.63) is 18.2 Å². The number of hydrogen-bond acceptors (Lipinski definition) is 4. The Balaban J connectivity index is 1.75. The number of imidazole rings is 1. The van der Waals surface area contributed by atoms with Crippen molar-refractivity contribution in [2.45, 2.75) is 57.5 Å². The maximum atomic E-state index is 12.8. The zero-order valence-corrected chi connectivity index (χ0v) is 14.7. The molecule has 0 saturated carbocycles. The van der Waals surface area contributed by atoms with E-state index in [0.717, 1.165) is 30.0 Å². The van der Waals surface area contributed by atoms with Crippen molar-refractivity contribution in [2.24, 2.45) is 0 Å². The Hall–Kier alpha value is -2.38. The monoisotopic (exact) mass is 347 g/mol. The van der Waals surface area contributed by atoms with Crippen LogP contribution in [0.5, 0.6) is 0 Å². The number of urea groups is 1. The average molecular weight is 347 g/mol. The Morgan fingerprint density at radius 3 is 2.68 bits per heavy atom. The first-order valence-corrected chi connectivity index (χ1v) is 8.95. The molecule has 1 aromatic rings. The third-order valence-electron chi connectivity index (χ3n) is 5.40. The predicted molar refractivity (Wildman–Crippen MR) is 90.5 cm³/mol. The minimum Gasteiger partial charge on any atom is -0.347 e. The summed E-state index contributed by atoms with van der Waals surface area (Å²) in [4.78, 5) is 47.9. The highest BCUT2D eigenvalue weighted by molar-refractivity contribution is 6.09. The molecule has 0 aliphatic carbocycles. The first kappa shape index (κ1) is 17.4. The van der Waals surface area contributed by atoms with Gasteiger partial charge in [0.15, 0.2) is 0 Å². The average Bonchev–Trinajstić information content (AvgIpc) is 3.24. The molecule has 1 atom stereocenters. The number of H-pyrrole nitrogens is 1. The first-order valence-electron chi connectivity index (χ1n) is 8.95. The molecule has 0 bridgehead atoms. The van der Waals surface area contributed by atoms with E-state index in [0.29, 0.717) is 19.4 Å². The van der Waals surface area contributed by atoms with Crippen molar-refractivity contribution in [1.82, 2.24) is 25.1 Å². The van der Waals surface area contributed by atoms with Crippen LogP contribution in [0.4, 0.5) is 4.79 Å². The van der Waals surface area contributed by atoms with Gasteiger partial charge in [0.1, 0.15) is 17.9 Å². The summed E-state index contributed by atoms with van der Waals surface area (Å²) in [7, 11) is 0. The second-order valence-electron chi connectivity index (χ2n) is 6.68. The molecule has 8 nitrogen and oxygen atoms in total. The quantitative estimate of drug-likeness (QED) is 0.790. The minimum atomic E-state index is -0.875. The zero-order valence-electron chi connectivity index (χ0n) is 14.7. The third-order valence-corrected chi connectivity index (χ3v) is 5.40. The van der Waals surface area contributed by atoms with E-state index >= 15 is 0 Å². The van der Waals surface area contributed by atoms with Gasteiger partial charge in [-0.15, -0.1) is 0 Å². The smallest absolute Gasteiger partial charge is 0.325 e. The van der Waals surface area contributed by atoms with Crippen LogP contribution in [0.25, 0.3) is 0 Å². The summed E-state index contributed by atoms with van der Waals surface area (Å²) < 4.78 is 0. The fourth-order valence-electron chi connectivity index (χ4n) is 3.75. The molecule has 136 valence electrons. The highest BCUT2D eigenvalue weighted by Gasteiger charge is 2.49. The number of carbonyl (C=O) groups is 3. The number of rotatable bonds is 5. The van der Waals surface area contributed by atoms with Gasteiger partial charge in [0.2, 0.25) is 5.91 Å². The molecule has 3 rings (SSSR count). The van der Waals surface area contributed by atoms with Crippen molar-refractivity contribution in [2.75, 3.05) is 13.1 Å². The van der Waals surface area contributed by atoms with Crippen LogP contribution in [0.1, 0.15) is 57.8 Å². The van der Waals surface area contributed by atoms with Crippen LogP contribution >= 0.6 is 0 Å². The largest absolute Gasteiger partial charge is 0.347 e. The fraction of sp³-hybridized carbons (Fsp3) is 0.647. The topological polar surface area (TPSA) is 98.4 Å². The summed E-state index contributed by atoms with van der Waals surface area (Å²) in [5.74, 6) is 0.233. The number of carbonyl (C=O) groups excluding carboxylic acids is 3. The number of hydrogen-bond donors (Lipinski definition) is 2. The molecule has 0 spiro atoms. The maximum absolute atomic E-state index is 12.8. The molecule has 3 heterocycles. The number of piperidine rings is 1. The Bertz CT molecular complexity index is 653. The SMILES string of the molecule is CCC1(CC)NC(=O)N(CC(=O)N2CCCCC2c2ncc[nH]2)C1=O. The van der Waals surface area contributed by atoms with E-state index in [1.54, 1.807) is 17.3 Å². The van der Waals surface area contributed by atoms with Gasteiger partial charge >= 0.3 is 6.03 Å². The number of amides is 4. The lowest BCUT2D eigenvalue weighted by atomic mass is 9.93. The summed E-state index contributed by atoms with van der Waals surface area (Å²) in [6, 6.07) is -0.604. The summed E-state index contributed by atoms with van der Waals surface area (Å²) in [6.45, 7) is 4.12. The van der Waals surface area contributed by atoms with Crippen LogP contribution in [0.2, 0.25) is 0 Å². The number of aromatic nitrogens is 2. The zero-order chi connectivity index (χ0) is 18.0. The van der Waals surface area contributed by atoms with E-state index in [4.69, 9.17) is 0 Å². The molecular weight excluding hydrogens is 322 g/mol. The molecule has 8 heteroatoms. The molecule has 0 aromatic carbocycles. The van der Waals surface area contributed by atoms with E-state index in [-0.39, 0.29) is 24.4 Å². The first-order chi connectivity index (χ1) is 12.0. The highest BCUT2D eigenvalue weighted by atomic mass is 16.2. The number of imide groups is 1. The van der Waals surface area contributed by atoms with E-state index in [9.17, 15) is 14.4 Å². The van der Waals surface area contributed by atoms with Gasteiger partial charge in [-0.2, -0.15) is 0 Å². The maximum Gasteiger partial charge on any atom is 0.325 e. The van der Waals surface area contributed by atoms with Gasteiger partial charge in [-0.3, -0.25) is 14.5 Å². The standard InChI is InChI=1S/C17H25N5O3/c1-3-17(4-2)15(24)22(16(25)20-17)11-13(23)21-10-6-5-7-12(21)14-18-8-9-19-14/h8-9,12H,3-7,10-11H2,1-2H3,(H,18,19)(H,20,25). The summed E-state index contributed by atoms with van der Waals surface area (Å²) in [5, 5.41) is 2.76. The van der Waals surface area contributed by atoms with Crippen molar-refractivity contribution >= 4 is 17.8 Å². The van der Waals surface area contributed by atoms with Crippen molar-refractivity contribution < 1.29 is 14.4 Å². The lowest BCUT2D eigenvalue weighted by Gasteiger charge is -2.35. The number of nitrogens with one attached hydrogen (secondary N) is 2. The van der Waals surface area contributed by atoms with Gasteiger partial charge in [-0.05, 0) is 32.1 Å². The second kappa shape index (κ2) is 6.85. The molecule has 4 amide bonds. The van der Waals surface area contributed by atoms with E-state index < -0.39 is 11.6 Å². The molecule has 1 aromatic heterocycles. The predicted octanol–water partition coefficient (Wildman–Crippen LogP) is 1.57. The lowest BCUT2D eigenvalue weighted by molar-refractivity contribution is -0.141. The van der Waals surface area contributed by atoms with Gasteiger partial charge < -0.3 is 15.2 Å². The molecule has 1 unspecified atom stereocenters. The van der Waals surface area contributed by atoms with Crippen LogP contribution in [-0.4, -0.2) is 56.2 Å². The summed E-state index contributed by atoms with van der Waals surface area (Å²) in [6.07, 6.45) is 7.19. The molecule has 2 N–H and O–H groups in total. The molecule has 2 saturated heterocycles. The van der Waals surface area contributed by atoms with Crippen molar-refractivity contribution in [3.8, 4) is 0 Å². The Labute approximate surface area is 147 Å².